The van der Waals surface area contributed by atoms with Gasteiger partial charge in [0.15, 0.2) is 0 Å². The minimum atomic E-state index is -0.0235. The van der Waals surface area contributed by atoms with Gasteiger partial charge in [-0.25, -0.2) is 0 Å². The molecule has 0 aromatic carbocycles. The summed E-state index contributed by atoms with van der Waals surface area (Å²) in [6.45, 7) is 4.92. The molecule has 1 amide bonds. The largest absolute Gasteiger partial charge is 0.354 e. The van der Waals surface area contributed by atoms with Gasteiger partial charge in [-0.1, -0.05) is 11.3 Å². The molecule has 0 fully saturated rings. The monoisotopic (exact) mass is 293 g/mol. The van der Waals surface area contributed by atoms with Crippen molar-refractivity contribution in [3.05, 3.63) is 20.7 Å². The molecule has 1 heterocycles. The number of carbonyl (C=O) groups excluding carboxylic acids is 1. The Morgan fingerprint density at radius 1 is 1.56 bits per heavy atom. The smallest absolute Gasteiger partial charge is 0.307 e. The van der Waals surface area contributed by atoms with Gasteiger partial charge in [0.05, 0.1) is 0 Å². The molecule has 5 nitrogen and oxygen atoms in total. The molecule has 1 rings (SSSR count). The van der Waals surface area contributed by atoms with Crippen LogP contribution in [0.15, 0.2) is 10.2 Å². The van der Waals surface area contributed by atoms with E-state index in [4.69, 9.17) is 0 Å². The van der Waals surface area contributed by atoms with Crippen LogP contribution in [0.25, 0.3) is 0 Å². The van der Waals surface area contributed by atoms with Crippen LogP contribution in [0.4, 0.5) is 0 Å². The van der Waals surface area contributed by atoms with Gasteiger partial charge in [-0.05, 0) is 20.9 Å². The first-order valence-corrected chi connectivity index (χ1v) is 6.51. The number of hydrogen-bond acceptors (Lipinski definition) is 4. The van der Waals surface area contributed by atoms with Crippen molar-refractivity contribution in [1.29, 1.82) is 0 Å². The van der Waals surface area contributed by atoms with Crippen LogP contribution in [0.5, 0.6) is 0 Å². The normalized spacial score (nSPS) is 11.7. The molecule has 0 radical (unpaired) electrons. The van der Waals surface area contributed by atoms with Gasteiger partial charge in [0, 0.05) is 36.6 Å². The van der Waals surface area contributed by atoms with E-state index in [-0.39, 0.29) is 29.2 Å². The summed E-state index contributed by atoms with van der Waals surface area (Å²) in [6, 6.07) is 0.254. The SMILES string of the molecule is CNC(C)CNC(=O)CCn1c(C)csc1=O.Cl. The number of halogens is 1. The summed E-state index contributed by atoms with van der Waals surface area (Å²) >= 11 is 1.17. The average molecular weight is 294 g/mol. The molecular formula is C11H20ClN3O2S. The first-order chi connectivity index (χ1) is 8.04. The highest BCUT2D eigenvalue weighted by molar-refractivity contribution is 7.07. The van der Waals surface area contributed by atoms with Gasteiger partial charge in [0.25, 0.3) is 0 Å². The maximum Gasteiger partial charge on any atom is 0.307 e. The molecule has 1 aromatic heterocycles. The molecule has 2 N–H and O–H groups in total. The Morgan fingerprint density at radius 2 is 2.22 bits per heavy atom. The van der Waals surface area contributed by atoms with Crippen molar-refractivity contribution >= 4 is 29.7 Å². The van der Waals surface area contributed by atoms with Crippen LogP contribution in [0.1, 0.15) is 19.0 Å². The number of rotatable bonds is 6. The van der Waals surface area contributed by atoms with E-state index in [1.807, 2.05) is 26.3 Å². The van der Waals surface area contributed by atoms with Crippen LogP contribution in [0.3, 0.4) is 0 Å². The van der Waals surface area contributed by atoms with E-state index >= 15 is 0 Å². The summed E-state index contributed by atoms with van der Waals surface area (Å²) in [5.41, 5.74) is 0.913. The molecule has 18 heavy (non-hydrogen) atoms. The lowest BCUT2D eigenvalue weighted by atomic mass is 10.3. The molecule has 1 atom stereocenters. The van der Waals surface area contributed by atoms with E-state index in [9.17, 15) is 9.59 Å². The zero-order chi connectivity index (χ0) is 12.8. The van der Waals surface area contributed by atoms with E-state index < -0.39 is 0 Å². The Balaban J connectivity index is 0.00000289. The number of hydrogen-bond donors (Lipinski definition) is 2. The number of aryl methyl sites for hydroxylation is 1. The fourth-order valence-corrected chi connectivity index (χ4v) is 2.11. The summed E-state index contributed by atoms with van der Waals surface area (Å²) in [6.07, 6.45) is 0.341. The zero-order valence-corrected chi connectivity index (χ0v) is 12.5. The third kappa shape index (κ3) is 5.20. The van der Waals surface area contributed by atoms with Crippen molar-refractivity contribution in [3.8, 4) is 0 Å². The Kier molecular flexibility index (Phi) is 7.90. The minimum Gasteiger partial charge on any atom is -0.354 e. The predicted octanol–water partition coefficient (Wildman–Crippen LogP) is 0.754. The van der Waals surface area contributed by atoms with Crippen molar-refractivity contribution in [2.24, 2.45) is 0 Å². The highest BCUT2D eigenvalue weighted by Gasteiger charge is 2.07. The topological polar surface area (TPSA) is 63.1 Å². The van der Waals surface area contributed by atoms with Crippen molar-refractivity contribution in [3.63, 3.8) is 0 Å². The van der Waals surface area contributed by atoms with Gasteiger partial charge in [-0.3, -0.25) is 9.59 Å². The Hall–Kier alpha value is -0.850. The molecular weight excluding hydrogens is 274 g/mol. The predicted molar refractivity (Wildman–Crippen MR) is 76.7 cm³/mol. The molecule has 1 unspecified atom stereocenters. The summed E-state index contributed by atoms with van der Waals surface area (Å²) in [7, 11) is 1.85. The summed E-state index contributed by atoms with van der Waals surface area (Å²) in [5, 5.41) is 7.67. The number of likely N-dealkylation sites (N-methyl/N-ethyl adjacent to an activating group) is 1. The van der Waals surface area contributed by atoms with Crippen LogP contribution in [-0.2, 0) is 11.3 Å². The Bertz CT molecular complexity index is 430. The van der Waals surface area contributed by atoms with Crippen molar-refractivity contribution in [2.45, 2.75) is 32.9 Å². The molecule has 1 aromatic rings. The third-order valence-electron chi connectivity index (χ3n) is 2.64. The highest BCUT2D eigenvalue weighted by Crippen LogP contribution is 2.00. The standard InChI is InChI=1S/C11H19N3O2S.ClH/c1-8(12-3)6-13-10(15)4-5-14-9(2)7-17-11(14)16;/h7-8,12H,4-6H2,1-3H3,(H,13,15);1H. The quantitative estimate of drug-likeness (QED) is 0.814. The Labute approximate surface area is 117 Å². The molecule has 0 saturated carbocycles. The second-order valence-electron chi connectivity index (χ2n) is 4.04. The van der Waals surface area contributed by atoms with Crippen molar-refractivity contribution in [1.82, 2.24) is 15.2 Å². The fraction of sp³-hybridized carbons (Fsp3) is 0.636. The maximum atomic E-state index is 11.5. The van der Waals surface area contributed by atoms with Gasteiger partial charge in [-0.2, -0.15) is 0 Å². The fourth-order valence-electron chi connectivity index (χ4n) is 1.35. The van der Waals surface area contributed by atoms with E-state index in [2.05, 4.69) is 10.6 Å². The van der Waals surface area contributed by atoms with Crippen molar-refractivity contribution in [2.75, 3.05) is 13.6 Å². The average Bonchev–Trinajstić information content (AvgIpc) is 2.63. The number of amides is 1. The van der Waals surface area contributed by atoms with E-state index in [1.54, 1.807) is 4.57 Å². The summed E-state index contributed by atoms with van der Waals surface area (Å²) < 4.78 is 1.63. The highest BCUT2D eigenvalue weighted by atomic mass is 35.5. The lowest BCUT2D eigenvalue weighted by molar-refractivity contribution is -0.121. The molecule has 0 aliphatic rings. The van der Waals surface area contributed by atoms with E-state index in [0.717, 1.165) is 5.69 Å². The van der Waals surface area contributed by atoms with Gasteiger partial charge in [0.1, 0.15) is 0 Å². The zero-order valence-electron chi connectivity index (χ0n) is 10.9. The maximum absolute atomic E-state index is 11.5. The van der Waals surface area contributed by atoms with Gasteiger partial charge >= 0.3 is 4.87 Å². The Morgan fingerprint density at radius 3 is 2.72 bits per heavy atom. The van der Waals surface area contributed by atoms with Crippen molar-refractivity contribution < 1.29 is 4.79 Å². The first kappa shape index (κ1) is 17.2. The molecule has 0 aliphatic heterocycles. The van der Waals surface area contributed by atoms with Crippen LogP contribution >= 0.6 is 23.7 Å². The van der Waals surface area contributed by atoms with E-state index in [1.165, 1.54) is 11.3 Å². The number of aromatic nitrogens is 1. The molecule has 0 bridgehead atoms. The van der Waals surface area contributed by atoms with Crippen LogP contribution in [0.2, 0.25) is 0 Å². The van der Waals surface area contributed by atoms with E-state index in [0.29, 0.717) is 19.5 Å². The lowest BCUT2D eigenvalue weighted by Crippen LogP contribution is -2.37. The van der Waals surface area contributed by atoms with Crippen LogP contribution in [0, 0.1) is 6.92 Å². The lowest BCUT2D eigenvalue weighted by Gasteiger charge is -2.11. The van der Waals surface area contributed by atoms with Gasteiger partial charge in [-0.15, -0.1) is 12.4 Å². The molecule has 0 saturated heterocycles. The molecule has 104 valence electrons. The second-order valence-corrected chi connectivity index (χ2v) is 4.86. The molecule has 0 aliphatic carbocycles. The first-order valence-electron chi connectivity index (χ1n) is 5.63. The molecule has 7 heteroatoms. The summed E-state index contributed by atoms with van der Waals surface area (Å²) in [5.74, 6) is -0.0235. The molecule has 0 spiro atoms. The number of nitrogens with one attached hydrogen (secondary N) is 2. The summed E-state index contributed by atoms with van der Waals surface area (Å²) in [4.78, 5) is 22.9. The van der Waals surface area contributed by atoms with Gasteiger partial charge < -0.3 is 15.2 Å². The van der Waals surface area contributed by atoms with Crippen LogP contribution < -0.4 is 15.5 Å². The van der Waals surface area contributed by atoms with Crippen LogP contribution in [-0.4, -0.2) is 30.1 Å². The second kappa shape index (κ2) is 8.29. The number of nitrogens with zero attached hydrogens (tertiary/aromatic N) is 1. The number of carbonyl (C=O) groups is 1. The van der Waals surface area contributed by atoms with Gasteiger partial charge in [0.2, 0.25) is 5.91 Å². The minimum absolute atomic E-state index is 0. The number of thiazole rings is 1. The third-order valence-corrected chi connectivity index (χ3v) is 3.52.